The molecule has 2 aromatic rings. The largest absolute Gasteiger partial charge is 0.495 e. The quantitative estimate of drug-likeness (QED) is 0.241. The second-order valence-electron chi connectivity index (χ2n) is 9.34. The zero-order valence-corrected chi connectivity index (χ0v) is 25.4. The van der Waals surface area contributed by atoms with Crippen LogP contribution < -0.4 is 30.3 Å². The van der Waals surface area contributed by atoms with Crippen LogP contribution in [0.1, 0.15) is 52.9 Å². The number of aromatic amines is 1. The van der Waals surface area contributed by atoms with Crippen molar-refractivity contribution in [2.75, 3.05) is 20.3 Å². The second kappa shape index (κ2) is 14.2. The number of rotatable bonds is 9. The molecule has 0 radical (unpaired) electrons. The van der Waals surface area contributed by atoms with Crippen LogP contribution in [-0.4, -0.2) is 53.9 Å². The van der Waals surface area contributed by atoms with Gasteiger partial charge >= 0.3 is 0 Å². The summed E-state index contributed by atoms with van der Waals surface area (Å²) in [6.07, 6.45) is 6.62. The molecule has 1 aromatic heterocycles. The molecule has 2 amide bonds. The fourth-order valence-corrected chi connectivity index (χ4v) is 5.73. The highest BCUT2D eigenvalue weighted by atomic mass is 79.9. The van der Waals surface area contributed by atoms with E-state index < -0.39 is 5.54 Å². The predicted molar refractivity (Wildman–Crippen MR) is 160 cm³/mol. The first-order chi connectivity index (χ1) is 18.8. The standard InChI is InChI=1S/C14H21N3O2S.C12H12BrNO3.C2H6/c1-2-9-8-14(9,13(19)17-20-10-5-6-10)16-12(18)11-4-3-7-15-11;1-3-17-10-6-8(15)7-4-5-9(16-2)11(13)12(7)14-10;1-2/h2,9-11,15H,1,3-8H2,(H,16,18)(H,17,19);4-6H,3H2,1-2H3,(H,14,15);1-2H3/t9?,11?,14-;;/m1../s1. The van der Waals surface area contributed by atoms with Gasteiger partial charge < -0.3 is 25.1 Å². The summed E-state index contributed by atoms with van der Waals surface area (Å²) in [6, 6.07) is 4.78. The van der Waals surface area contributed by atoms with Gasteiger partial charge in [-0.2, -0.15) is 0 Å². The zero-order valence-electron chi connectivity index (χ0n) is 23.0. The third kappa shape index (κ3) is 7.58. The summed E-state index contributed by atoms with van der Waals surface area (Å²) < 4.78 is 14.1. The van der Waals surface area contributed by atoms with Crippen LogP contribution in [0.3, 0.4) is 0 Å². The summed E-state index contributed by atoms with van der Waals surface area (Å²) in [5.74, 6) is 1.04. The number of hydrogen-bond donors (Lipinski definition) is 4. The van der Waals surface area contributed by atoms with Gasteiger partial charge in [-0.15, -0.1) is 6.58 Å². The van der Waals surface area contributed by atoms with E-state index in [9.17, 15) is 14.4 Å². The summed E-state index contributed by atoms with van der Waals surface area (Å²) in [5.41, 5.74) is -0.156. The van der Waals surface area contributed by atoms with Crippen molar-refractivity contribution in [3.05, 3.63) is 45.6 Å². The number of pyridine rings is 1. The highest BCUT2D eigenvalue weighted by molar-refractivity contribution is 9.10. The lowest BCUT2D eigenvalue weighted by molar-refractivity contribution is -0.130. The SMILES string of the molecule is C=CC1C[C@]1(NC(=O)C1CCCN1)C(=O)NSC1CC1.CC.CCOc1cc(=O)c2ccc(OC)c(Br)c2[nH]1. The number of methoxy groups -OCH3 is 1. The van der Waals surface area contributed by atoms with Crippen molar-refractivity contribution in [3.63, 3.8) is 0 Å². The Labute approximate surface area is 242 Å². The van der Waals surface area contributed by atoms with Crippen LogP contribution >= 0.6 is 27.9 Å². The maximum absolute atomic E-state index is 12.4. The number of fused-ring (bicyclic) bond motifs is 1. The van der Waals surface area contributed by atoms with Gasteiger partial charge in [0.25, 0.3) is 5.91 Å². The molecule has 11 heteroatoms. The molecule has 1 aliphatic heterocycles. The summed E-state index contributed by atoms with van der Waals surface area (Å²) in [6.45, 7) is 11.0. The summed E-state index contributed by atoms with van der Waals surface area (Å²) >= 11 is 4.90. The van der Waals surface area contributed by atoms with Gasteiger partial charge in [-0.3, -0.25) is 19.1 Å². The maximum atomic E-state index is 12.4. The van der Waals surface area contributed by atoms with Gasteiger partial charge in [-0.1, -0.05) is 19.9 Å². The van der Waals surface area contributed by atoms with E-state index >= 15 is 0 Å². The van der Waals surface area contributed by atoms with E-state index in [2.05, 4.69) is 42.8 Å². The number of hydrogen-bond acceptors (Lipinski definition) is 7. The molecule has 2 unspecified atom stereocenters. The number of benzene rings is 1. The van der Waals surface area contributed by atoms with Gasteiger partial charge in [0.2, 0.25) is 5.91 Å². The lowest BCUT2D eigenvalue weighted by atomic mass is 10.1. The van der Waals surface area contributed by atoms with Crippen molar-refractivity contribution < 1.29 is 19.1 Å². The van der Waals surface area contributed by atoms with Crippen LogP contribution in [0.15, 0.2) is 40.1 Å². The number of halogens is 1. The molecule has 9 nitrogen and oxygen atoms in total. The summed E-state index contributed by atoms with van der Waals surface area (Å²) in [4.78, 5) is 39.5. The fourth-order valence-electron chi connectivity index (χ4n) is 4.29. The Hall–Kier alpha value is -2.50. The number of H-pyrrole nitrogens is 1. The Bertz CT molecular complexity index is 1230. The van der Waals surface area contributed by atoms with E-state index in [1.54, 1.807) is 25.3 Å². The molecule has 3 atom stereocenters. The Morgan fingerprint density at radius 3 is 2.59 bits per heavy atom. The molecular formula is C28H39BrN4O5S. The Morgan fingerprint density at radius 2 is 2.03 bits per heavy atom. The molecule has 3 aliphatic rings. The first-order valence-electron chi connectivity index (χ1n) is 13.5. The number of amides is 2. The van der Waals surface area contributed by atoms with E-state index in [1.807, 2.05) is 20.8 Å². The lowest BCUT2D eigenvalue weighted by Gasteiger charge is -2.20. The minimum atomic E-state index is -0.759. The number of aromatic nitrogens is 1. The molecule has 0 spiro atoms. The average molecular weight is 624 g/mol. The van der Waals surface area contributed by atoms with Crippen molar-refractivity contribution in [1.82, 2.24) is 20.3 Å². The topological polar surface area (TPSA) is 122 Å². The molecular weight excluding hydrogens is 584 g/mol. The number of carbonyl (C=O) groups is 2. The maximum Gasteiger partial charge on any atom is 0.256 e. The van der Waals surface area contributed by atoms with E-state index in [0.717, 1.165) is 23.9 Å². The first-order valence-corrected chi connectivity index (χ1v) is 15.2. The molecule has 2 saturated carbocycles. The number of carbonyl (C=O) groups excluding carboxylic acids is 2. The van der Waals surface area contributed by atoms with Gasteiger partial charge in [0.1, 0.15) is 11.3 Å². The summed E-state index contributed by atoms with van der Waals surface area (Å²) in [5, 5.41) is 7.28. The minimum Gasteiger partial charge on any atom is -0.495 e. The van der Waals surface area contributed by atoms with Gasteiger partial charge in [-0.05, 0) is 85.6 Å². The van der Waals surface area contributed by atoms with Gasteiger partial charge in [0, 0.05) is 22.6 Å². The van der Waals surface area contributed by atoms with Crippen LogP contribution in [0.2, 0.25) is 0 Å². The van der Waals surface area contributed by atoms with Crippen molar-refractivity contribution in [2.24, 2.45) is 5.92 Å². The van der Waals surface area contributed by atoms with Crippen LogP contribution in [0.4, 0.5) is 0 Å². The molecule has 2 heterocycles. The van der Waals surface area contributed by atoms with Crippen LogP contribution in [0, 0.1) is 5.92 Å². The van der Waals surface area contributed by atoms with Gasteiger partial charge in [0.05, 0.1) is 29.7 Å². The van der Waals surface area contributed by atoms with Crippen molar-refractivity contribution in [2.45, 2.75) is 69.7 Å². The van der Waals surface area contributed by atoms with Crippen LogP contribution in [0.25, 0.3) is 10.9 Å². The van der Waals surface area contributed by atoms with E-state index in [-0.39, 0.29) is 29.2 Å². The van der Waals surface area contributed by atoms with E-state index in [0.29, 0.717) is 40.8 Å². The molecule has 0 bridgehead atoms. The van der Waals surface area contributed by atoms with Crippen molar-refractivity contribution in [1.29, 1.82) is 0 Å². The fraction of sp³-hybridized carbons (Fsp3) is 0.536. The van der Waals surface area contributed by atoms with Gasteiger partial charge in [-0.25, -0.2) is 0 Å². The molecule has 4 N–H and O–H groups in total. The monoisotopic (exact) mass is 622 g/mol. The predicted octanol–water partition coefficient (Wildman–Crippen LogP) is 4.45. The van der Waals surface area contributed by atoms with Gasteiger partial charge in [0.15, 0.2) is 11.3 Å². The first kappa shape index (κ1) is 31.0. The Kier molecular flexibility index (Phi) is 11.3. The van der Waals surface area contributed by atoms with Crippen LogP contribution in [-0.2, 0) is 9.59 Å². The smallest absolute Gasteiger partial charge is 0.256 e. The molecule has 3 fully saturated rings. The molecule has 5 rings (SSSR count). The number of ether oxygens (including phenoxy) is 2. The highest BCUT2D eigenvalue weighted by Gasteiger charge is 2.60. The molecule has 214 valence electrons. The van der Waals surface area contributed by atoms with E-state index in [4.69, 9.17) is 9.47 Å². The Balaban J connectivity index is 0.000000205. The normalized spacial score (nSPS) is 22.9. The minimum absolute atomic E-state index is 0.0488. The molecule has 39 heavy (non-hydrogen) atoms. The molecule has 1 aromatic carbocycles. The van der Waals surface area contributed by atoms with Crippen molar-refractivity contribution >= 4 is 50.6 Å². The van der Waals surface area contributed by atoms with E-state index in [1.165, 1.54) is 30.9 Å². The number of nitrogens with one attached hydrogen (secondary N) is 4. The highest BCUT2D eigenvalue weighted by Crippen LogP contribution is 2.45. The summed E-state index contributed by atoms with van der Waals surface area (Å²) in [7, 11) is 1.58. The lowest BCUT2D eigenvalue weighted by Crippen LogP contribution is -2.53. The average Bonchev–Trinajstić information content (AvgIpc) is 3.85. The molecule has 2 aliphatic carbocycles. The zero-order chi connectivity index (χ0) is 28.6. The second-order valence-corrected chi connectivity index (χ2v) is 11.2. The molecule has 1 saturated heterocycles. The third-order valence-electron chi connectivity index (χ3n) is 6.67. The van der Waals surface area contributed by atoms with Crippen molar-refractivity contribution in [3.8, 4) is 11.6 Å². The van der Waals surface area contributed by atoms with Crippen LogP contribution in [0.5, 0.6) is 11.6 Å². The Morgan fingerprint density at radius 1 is 1.28 bits per heavy atom. The third-order valence-corrected chi connectivity index (χ3v) is 8.57.